The predicted molar refractivity (Wildman–Crippen MR) is 139 cm³/mol. The second-order valence-electron chi connectivity index (χ2n) is 11.0. The van der Waals surface area contributed by atoms with Crippen molar-refractivity contribution in [2.75, 3.05) is 6.54 Å². The molecule has 0 rings (SSSR count). The van der Waals surface area contributed by atoms with Crippen molar-refractivity contribution in [2.45, 2.75) is 149 Å². The fraction of sp³-hybridized carbons (Fsp3) is 0.893. The number of ether oxygens (including phenoxy) is 1. The molecule has 0 bridgehead atoms. The van der Waals surface area contributed by atoms with Gasteiger partial charge >= 0.3 is 12.1 Å². The van der Waals surface area contributed by atoms with Crippen molar-refractivity contribution in [1.29, 1.82) is 0 Å². The van der Waals surface area contributed by atoms with Crippen molar-refractivity contribution >= 4 is 17.8 Å². The summed E-state index contributed by atoms with van der Waals surface area (Å²) in [6, 6.07) is -1.01. The summed E-state index contributed by atoms with van der Waals surface area (Å²) in [5, 5.41) is 9.63. The van der Waals surface area contributed by atoms with Crippen molar-refractivity contribution in [3.8, 4) is 0 Å². The summed E-state index contributed by atoms with van der Waals surface area (Å²) >= 11 is 0. The zero-order valence-corrected chi connectivity index (χ0v) is 23.0. The fourth-order valence-corrected chi connectivity index (χ4v) is 4.15. The highest BCUT2D eigenvalue weighted by Crippen LogP contribution is 2.18. The Morgan fingerprint density at radius 1 is 0.765 bits per heavy atom. The zero-order valence-electron chi connectivity index (χ0n) is 23.0. The summed E-state index contributed by atoms with van der Waals surface area (Å²) in [5.74, 6) is -1.30. The van der Waals surface area contributed by atoms with Crippen LogP contribution in [-0.2, 0) is 14.3 Å². The number of carbonyl (C=O) groups excluding carboxylic acids is 2. The molecule has 0 saturated carbocycles. The van der Waals surface area contributed by atoms with Gasteiger partial charge in [-0.15, -0.1) is 0 Å². The number of carbonyl (C=O) groups is 3. The standard InChI is InChI=1S/C28H53NO5/c1-7-8-9-10-11-12-13-14-15-16-17-18-19-20-24(30)21-22-29(25(23(2)3)26(31)32)27(33)34-28(4,5)6/h23,25H,7-22H2,1-6H3,(H,31,32)/t25-/m0/s1. The third-order valence-corrected chi connectivity index (χ3v) is 6.04. The van der Waals surface area contributed by atoms with Gasteiger partial charge < -0.3 is 9.84 Å². The molecule has 0 aliphatic carbocycles. The van der Waals surface area contributed by atoms with Crippen molar-refractivity contribution in [2.24, 2.45) is 5.92 Å². The Hall–Kier alpha value is -1.59. The molecule has 0 saturated heterocycles. The minimum atomic E-state index is -1.08. The first-order chi connectivity index (χ1) is 16.0. The maximum absolute atomic E-state index is 12.6. The molecule has 34 heavy (non-hydrogen) atoms. The molecule has 200 valence electrons. The minimum Gasteiger partial charge on any atom is -0.480 e. The van der Waals surface area contributed by atoms with Crippen molar-refractivity contribution in [3.05, 3.63) is 0 Å². The fourth-order valence-electron chi connectivity index (χ4n) is 4.15. The molecular formula is C28H53NO5. The van der Waals surface area contributed by atoms with Crippen molar-refractivity contribution in [3.63, 3.8) is 0 Å². The van der Waals surface area contributed by atoms with E-state index < -0.39 is 23.7 Å². The first kappa shape index (κ1) is 32.4. The number of hydrogen-bond donors (Lipinski definition) is 1. The maximum Gasteiger partial charge on any atom is 0.411 e. The monoisotopic (exact) mass is 483 g/mol. The molecule has 0 heterocycles. The van der Waals surface area contributed by atoms with E-state index in [4.69, 9.17) is 4.74 Å². The van der Waals surface area contributed by atoms with Gasteiger partial charge in [0.05, 0.1) is 0 Å². The second-order valence-corrected chi connectivity index (χ2v) is 11.0. The number of nitrogens with zero attached hydrogens (tertiary/aromatic N) is 1. The van der Waals surface area contributed by atoms with Crippen LogP contribution in [0.3, 0.4) is 0 Å². The van der Waals surface area contributed by atoms with E-state index in [0.717, 1.165) is 19.3 Å². The van der Waals surface area contributed by atoms with Crippen LogP contribution in [0.2, 0.25) is 0 Å². The second kappa shape index (κ2) is 18.7. The summed E-state index contributed by atoms with van der Waals surface area (Å²) in [6.45, 7) is 11.1. The van der Waals surface area contributed by atoms with Crippen LogP contribution in [0.15, 0.2) is 0 Å². The Morgan fingerprint density at radius 2 is 1.21 bits per heavy atom. The molecule has 0 aliphatic heterocycles. The number of hydrogen-bond acceptors (Lipinski definition) is 4. The molecule has 0 aromatic carbocycles. The first-order valence-electron chi connectivity index (χ1n) is 13.7. The van der Waals surface area contributed by atoms with E-state index in [1.807, 2.05) is 0 Å². The number of amides is 1. The summed E-state index contributed by atoms with van der Waals surface area (Å²) in [7, 11) is 0. The highest BCUT2D eigenvalue weighted by atomic mass is 16.6. The van der Waals surface area contributed by atoms with Gasteiger partial charge in [-0.05, 0) is 33.1 Å². The summed E-state index contributed by atoms with van der Waals surface area (Å²) < 4.78 is 5.41. The summed E-state index contributed by atoms with van der Waals surface area (Å²) in [6.07, 6.45) is 16.3. The Bertz CT molecular complexity index is 568. The lowest BCUT2D eigenvalue weighted by Crippen LogP contribution is -2.50. The molecular weight excluding hydrogens is 430 g/mol. The molecule has 0 unspecified atom stereocenters. The Balaban J connectivity index is 4.17. The quantitative estimate of drug-likeness (QED) is 0.179. The third kappa shape index (κ3) is 16.9. The van der Waals surface area contributed by atoms with Gasteiger partial charge in [-0.25, -0.2) is 9.59 Å². The molecule has 6 nitrogen and oxygen atoms in total. The van der Waals surface area contributed by atoms with Crippen LogP contribution in [0.5, 0.6) is 0 Å². The van der Waals surface area contributed by atoms with Crippen LogP contribution < -0.4 is 0 Å². The molecule has 0 radical (unpaired) electrons. The van der Waals surface area contributed by atoms with Crippen LogP contribution in [0.4, 0.5) is 4.79 Å². The first-order valence-corrected chi connectivity index (χ1v) is 13.7. The van der Waals surface area contributed by atoms with Gasteiger partial charge in [0.15, 0.2) is 0 Å². The van der Waals surface area contributed by atoms with Crippen LogP contribution in [-0.4, -0.2) is 46.0 Å². The number of Topliss-reactive ketones (excluding diaryl/α,β-unsaturated/α-hetero) is 1. The number of rotatable bonds is 20. The SMILES string of the molecule is CCCCCCCCCCCCCCCC(=O)CCN(C(=O)OC(C)(C)C)[C@H](C(=O)O)C(C)C. The number of ketones is 1. The van der Waals surface area contributed by atoms with E-state index in [2.05, 4.69) is 6.92 Å². The molecule has 0 spiro atoms. The van der Waals surface area contributed by atoms with Crippen LogP contribution in [0.1, 0.15) is 138 Å². The topological polar surface area (TPSA) is 83.9 Å². The number of carboxylic acid groups (broad SMARTS) is 1. The minimum absolute atomic E-state index is 0.0708. The number of aliphatic carboxylic acids is 1. The lowest BCUT2D eigenvalue weighted by molar-refractivity contribution is -0.145. The number of unbranched alkanes of at least 4 members (excludes halogenated alkanes) is 12. The average Bonchev–Trinajstić information content (AvgIpc) is 2.72. The highest BCUT2D eigenvalue weighted by Gasteiger charge is 2.35. The number of carboxylic acids is 1. The van der Waals surface area contributed by atoms with E-state index in [1.165, 1.54) is 69.1 Å². The van der Waals surface area contributed by atoms with Gasteiger partial charge in [0.25, 0.3) is 0 Å². The maximum atomic E-state index is 12.6. The summed E-state index contributed by atoms with van der Waals surface area (Å²) in [4.78, 5) is 38.0. The highest BCUT2D eigenvalue weighted by molar-refractivity contribution is 5.82. The average molecular weight is 484 g/mol. The van der Waals surface area contributed by atoms with Gasteiger partial charge in [0.1, 0.15) is 17.4 Å². The Morgan fingerprint density at radius 3 is 1.59 bits per heavy atom. The molecule has 1 N–H and O–H groups in total. The lowest BCUT2D eigenvalue weighted by atomic mass is 10.0. The molecule has 1 atom stereocenters. The molecule has 0 aliphatic rings. The van der Waals surface area contributed by atoms with Gasteiger partial charge in [-0.2, -0.15) is 0 Å². The van der Waals surface area contributed by atoms with E-state index >= 15 is 0 Å². The van der Waals surface area contributed by atoms with Gasteiger partial charge in [-0.3, -0.25) is 9.69 Å². The zero-order chi connectivity index (χ0) is 26.0. The van der Waals surface area contributed by atoms with E-state index in [1.54, 1.807) is 34.6 Å². The van der Waals surface area contributed by atoms with Gasteiger partial charge in [0, 0.05) is 19.4 Å². The largest absolute Gasteiger partial charge is 0.480 e. The van der Waals surface area contributed by atoms with Gasteiger partial charge in [-0.1, -0.05) is 97.8 Å². The Labute approximate surface area is 209 Å². The molecule has 1 amide bonds. The third-order valence-electron chi connectivity index (χ3n) is 6.04. The molecule has 0 aromatic rings. The van der Waals surface area contributed by atoms with Crippen LogP contribution >= 0.6 is 0 Å². The Kier molecular flexibility index (Phi) is 17.8. The van der Waals surface area contributed by atoms with E-state index in [9.17, 15) is 19.5 Å². The van der Waals surface area contributed by atoms with E-state index in [-0.39, 0.29) is 24.7 Å². The molecule has 0 fully saturated rings. The predicted octanol–water partition coefficient (Wildman–Crippen LogP) is 7.77. The van der Waals surface area contributed by atoms with Crippen LogP contribution in [0.25, 0.3) is 0 Å². The van der Waals surface area contributed by atoms with Crippen molar-refractivity contribution in [1.82, 2.24) is 4.90 Å². The molecule has 0 aromatic heterocycles. The van der Waals surface area contributed by atoms with Gasteiger partial charge in [0.2, 0.25) is 0 Å². The normalized spacial score (nSPS) is 12.6. The van der Waals surface area contributed by atoms with Crippen molar-refractivity contribution < 1.29 is 24.2 Å². The summed E-state index contributed by atoms with van der Waals surface area (Å²) in [5.41, 5.74) is -0.728. The van der Waals surface area contributed by atoms with Crippen LogP contribution in [0, 0.1) is 5.92 Å². The molecule has 6 heteroatoms. The smallest absolute Gasteiger partial charge is 0.411 e. The lowest BCUT2D eigenvalue weighted by Gasteiger charge is -2.33. The van der Waals surface area contributed by atoms with E-state index in [0.29, 0.717) is 6.42 Å².